The van der Waals surface area contributed by atoms with Crippen LogP contribution in [0.2, 0.25) is 0 Å². The van der Waals surface area contributed by atoms with Gasteiger partial charge in [0.05, 0.1) is 12.7 Å². The second kappa shape index (κ2) is 7.83. The van der Waals surface area contributed by atoms with Crippen molar-refractivity contribution in [3.05, 3.63) is 22.5 Å². The Morgan fingerprint density at radius 1 is 1.24 bits per heavy atom. The van der Waals surface area contributed by atoms with Gasteiger partial charge in [0.25, 0.3) is 5.91 Å². The maximum absolute atomic E-state index is 12.2. The molecule has 0 unspecified atom stereocenters. The minimum Gasteiger partial charge on any atom is -0.465 e. The Kier molecular flexibility index (Phi) is 6.42. The lowest BCUT2D eigenvalue weighted by atomic mass is 10.1. The summed E-state index contributed by atoms with van der Waals surface area (Å²) in [7, 11) is 1.33. The van der Waals surface area contributed by atoms with Crippen molar-refractivity contribution in [3.63, 3.8) is 0 Å². The van der Waals surface area contributed by atoms with Gasteiger partial charge in [0.2, 0.25) is 0 Å². The van der Waals surface area contributed by atoms with Gasteiger partial charge in [-0.2, -0.15) is 0 Å². The van der Waals surface area contributed by atoms with Crippen LogP contribution in [0.25, 0.3) is 0 Å². The molecule has 1 amide bonds. The van der Waals surface area contributed by atoms with E-state index in [1.165, 1.54) is 7.11 Å². The molecule has 1 aromatic heterocycles. The Morgan fingerprint density at radius 3 is 2.38 bits per heavy atom. The monoisotopic (exact) mass is 295 g/mol. The van der Waals surface area contributed by atoms with E-state index in [2.05, 4.69) is 29.0 Å². The molecule has 0 spiro atoms. The third-order valence-electron chi connectivity index (χ3n) is 3.66. The molecule has 118 valence electrons. The highest BCUT2D eigenvalue weighted by molar-refractivity contribution is 6.00. The summed E-state index contributed by atoms with van der Waals surface area (Å²) >= 11 is 0. The minimum atomic E-state index is -0.427. The lowest BCUT2D eigenvalue weighted by Crippen LogP contribution is -2.35. The SMILES string of the molecule is CCN(CC)CCNC(=O)c1[nH]c(C)c(C(=O)OC)c1C. The molecule has 0 atom stereocenters. The average molecular weight is 295 g/mol. The van der Waals surface area contributed by atoms with Crippen molar-refractivity contribution in [1.29, 1.82) is 0 Å². The van der Waals surface area contributed by atoms with E-state index in [-0.39, 0.29) is 5.91 Å². The molecule has 2 N–H and O–H groups in total. The van der Waals surface area contributed by atoms with Crippen LogP contribution in [0, 0.1) is 13.8 Å². The number of esters is 1. The summed E-state index contributed by atoms with van der Waals surface area (Å²) in [5.41, 5.74) is 2.13. The van der Waals surface area contributed by atoms with Crippen molar-refractivity contribution in [2.75, 3.05) is 33.3 Å². The molecule has 0 fully saturated rings. The standard InChI is InChI=1S/C15H25N3O3/c1-6-18(7-2)9-8-16-14(19)13-10(3)12(11(4)17-13)15(20)21-5/h17H,6-9H2,1-5H3,(H,16,19). The van der Waals surface area contributed by atoms with Gasteiger partial charge in [-0.3, -0.25) is 4.79 Å². The van der Waals surface area contributed by atoms with Crippen LogP contribution >= 0.6 is 0 Å². The predicted molar refractivity (Wildman–Crippen MR) is 81.7 cm³/mol. The molecule has 1 rings (SSSR count). The molecule has 0 aliphatic rings. The van der Waals surface area contributed by atoms with Crippen LogP contribution in [0.5, 0.6) is 0 Å². The minimum absolute atomic E-state index is 0.196. The number of hydrogen-bond donors (Lipinski definition) is 2. The summed E-state index contributed by atoms with van der Waals surface area (Å²) in [5, 5.41) is 2.87. The Bertz CT molecular complexity index is 505. The van der Waals surface area contributed by atoms with Crippen LogP contribution in [0.4, 0.5) is 0 Å². The first-order valence-electron chi connectivity index (χ1n) is 7.24. The molecule has 0 saturated heterocycles. The summed E-state index contributed by atoms with van der Waals surface area (Å²) < 4.78 is 4.74. The summed E-state index contributed by atoms with van der Waals surface area (Å²) in [5.74, 6) is -0.624. The number of ether oxygens (including phenoxy) is 1. The zero-order valence-corrected chi connectivity index (χ0v) is 13.5. The van der Waals surface area contributed by atoms with Crippen LogP contribution in [0.1, 0.15) is 46.0 Å². The molecule has 1 heterocycles. The molecule has 0 saturated carbocycles. The second-order valence-corrected chi connectivity index (χ2v) is 4.90. The lowest BCUT2D eigenvalue weighted by Gasteiger charge is -2.17. The molecule has 1 aromatic rings. The molecular formula is C15H25N3O3. The zero-order chi connectivity index (χ0) is 16.0. The van der Waals surface area contributed by atoms with Gasteiger partial charge in [0.1, 0.15) is 5.69 Å². The number of methoxy groups -OCH3 is 1. The number of hydrogen-bond acceptors (Lipinski definition) is 4. The molecule has 21 heavy (non-hydrogen) atoms. The van der Waals surface area contributed by atoms with Crippen LogP contribution in [0.15, 0.2) is 0 Å². The van der Waals surface area contributed by atoms with Crippen molar-refractivity contribution in [2.24, 2.45) is 0 Å². The molecule has 0 bridgehead atoms. The average Bonchev–Trinajstić information content (AvgIpc) is 2.77. The third-order valence-corrected chi connectivity index (χ3v) is 3.66. The molecule has 0 aromatic carbocycles. The zero-order valence-electron chi connectivity index (χ0n) is 13.5. The van der Waals surface area contributed by atoms with E-state index in [9.17, 15) is 9.59 Å². The van der Waals surface area contributed by atoms with Crippen molar-refractivity contribution in [2.45, 2.75) is 27.7 Å². The lowest BCUT2D eigenvalue weighted by molar-refractivity contribution is 0.0599. The molecule has 0 aliphatic heterocycles. The Balaban J connectivity index is 2.73. The van der Waals surface area contributed by atoms with Crippen LogP contribution in [-0.2, 0) is 4.74 Å². The number of nitrogens with one attached hydrogen (secondary N) is 2. The second-order valence-electron chi connectivity index (χ2n) is 4.90. The van der Waals surface area contributed by atoms with Gasteiger partial charge >= 0.3 is 5.97 Å². The normalized spacial score (nSPS) is 10.8. The maximum atomic E-state index is 12.2. The topological polar surface area (TPSA) is 74.4 Å². The number of carbonyl (C=O) groups excluding carboxylic acids is 2. The molecule has 0 radical (unpaired) electrons. The number of carbonyl (C=O) groups is 2. The smallest absolute Gasteiger partial charge is 0.339 e. The third kappa shape index (κ3) is 4.07. The number of aryl methyl sites for hydroxylation is 1. The fraction of sp³-hybridized carbons (Fsp3) is 0.600. The van der Waals surface area contributed by atoms with E-state index in [1.807, 2.05) is 0 Å². The highest BCUT2D eigenvalue weighted by atomic mass is 16.5. The van der Waals surface area contributed by atoms with Crippen molar-refractivity contribution >= 4 is 11.9 Å². The van der Waals surface area contributed by atoms with Crippen LogP contribution in [-0.4, -0.2) is 55.0 Å². The fourth-order valence-electron chi connectivity index (χ4n) is 2.34. The van der Waals surface area contributed by atoms with Gasteiger partial charge < -0.3 is 19.9 Å². The van der Waals surface area contributed by atoms with Gasteiger partial charge in [-0.25, -0.2) is 4.79 Å². The summed E-state index contributed by atoms with van der Waals surface area (Å²) in [6.07, 6.45) is 0. The van der Waals surface area contributed by atoms with E-state index in [0.29, 0.717) is 29.1 Å². The van der Waals surface area contributed by atoms with Crippen molar-refractivity contribution in [3.8, 4) is 0 Å². The number of rotatable bonds is 7. The fourth-order valence-corrected chi connectivity index (χ4v) is 2.34. The first-order valence-corrected chi connectivity index (χ1v) is 7.24. The summed E-state index contributed by atoms with van der Waals surface area (Å²) in [4.78, 5) is 29.1. The summed E-state index contributed by atoms with van der Waals surface area (Å²) in [6.45, 7) is 11.0. The van der Waals surface area contributed by atoms with E-state index in [1.54, 1.807) is 13.8 Å². The van der Waals surface area contributed by atoms with Gasteiger partial charge in [-0.1, -0.05) is 13.8 Å². The number of H-pyrrole nitrogens is 1. The number of aromatic amines is 1. The first-order chi connectivity index (χ1) is 9.96. The van der Waals surface area contributed by atoms with Crippen molar-refractivity contribution < 1.29 is 14.3 Å². The van der Waals surface area contributed by atoms with Crippen molar-refractivity contribution in [1.82, 2.24) is 15.2 Å². The van der Waals surface area contributed by atoms with E-state index < -0.39 is 5.97 Å². The Morgan fingerprint density at radius 2 is 1.86 bits per heavy atom. The van der Waals surface area contributed by atoms with Crippen LogP contribution < -0.4 is 5.32 Å². The number of nitrogens with zero attached hydrogens (tertiary/aromatic N) is 1. The largest absolute Gasteiger partial charge is 0.465 e. The molecule has 6 nitrogen and oxygen atoms in total. The van der Waals surface area contributed by atoms with E-state index >= 15 is 0 Å². The highest BCUT2D eigenvalue weighted by Gasteiger charge is 2.22. The quantitative estimate of drug-likeness (QED) is 0.747. The van der Waals surface area contributed by atoms with E-state index in [0.717, 1.165) is 19.6 Å². The van der Waals surface area contributed by atoms with Gasteiger partial charge in [0, 0.05) is 18.8 Å². The molecular weight excluding hydrogens is 270 g/mol. The summed E-state index contributed by atoms with van der Waals surface area (Å²) in [6, 6.07) is 0. The predicted octanol–water partition coefficient (Wildman–Crippen LogP) is 1.49. The molecule has 6 heteroatoms. The highest BCUT2D eigenvalue weighted by Crippen LogP contribution is 2.18. The van der Waals surface area contributed by atoms with Gasteiger partial charge in [-0.15, -0.1) is 0 Å². The van der Waals surface area contributed by atoms with Crippen LogP contribution in [0.3, 0.4) is 0 Å². The molecule has 0 aliphatic carbocycles. The number of aromatic nitrogens is 1. The Labute approximate surface area is 125 Å². The number of likely N-dealkylation sites (N-methyl/N-ethyl adjacent to an activating group) is 1. The van der Waals surface area contributed by atoms with Gasteiger partial charge in [0.15, 0.2) is 0 Å². The number of amides is 1. The maximum Gasteiger partial charge on any atom is 0.339 e. The van der Waals surface area contributed by atoms with E-state index in [4.69, 9.17) is 4.74 Å². The first kappa shape index (κ1) is 17.2. The Hall–Kier alpha value is -1.82. The van der Waals surface area contributed by atoms with Gasteiger partial charge in [-0.05, 0) is 32.5 Å².